The van der Waals surface area contributed by atoms with Crippen molar-refractivity contribution in [2.45, 2.75) is 33.8 Å². The number of aryl methyl sites for hydroxylation is 3. The van der Waals surface area contributed by atoms with Crippen molar-refractivity contribution in [2.24, 2.45) is 0 Å². The van der Waals surface area contributed by atoms with E-state index in [2.05, 4.69) is 34.7 Å². The Morgan fingerprint density at radius 1 is 1.03 bits per heavy atom. The fraction of sp³-hybridized carbons (Fsp3) is 0.208. The Morgan fingerprint density at radius 3 is 2.55 bits per heavy atom. The lowest BCUT2D eigenvalue weighted by Crippen LogP contribution is -2.11. The van der Waals surface area contributed by atoms with Crippen LogP contribution < -0.4 is 10.1 Å². The molecular formula is C24H23N3O4. The number of carbonyl (C=O) groups excluding carboxylic acids is 1. The fourth-order valence-corrected chi connectivity index (χ4v) is 3.16. The highest BCUT2D eigenvalue weighted by Crippen LogP contribution is 2.23. The number of rotatable bonds is 7. The van der Waals surface area contributed by atoms with Crippen LogP contribution in [-0.2, 0) is 13.0 Å². The minimum Gasteiger partial charge on any atom is -0.489 e. The first-order chi connectivity index (χ1) is 15.0. The number of hydrogen-bond donors (Lipinski definition) is 1. The lowest BCUT2D eigenvalue weighted by molar-refractivity contribution is 0.102. The topological polar surface area (TPSA) is 90.4 Å². The van der Waals surface area contributed by atoms with Crippen molar-refractivity contribution in [3.8, 4) is 17.0 Å². The monoisotopic (exact) mass is 417 g/mol. The molecule has 2 aromatic heterocycles. The maximum atomic E-state index is 12.7. The van der Waals surface area contributed by atoms with Gasteiger partial charge < -0.3 is 13.8 Å². The Balaban J connectivity index is 1.42. The zero-order valence-electron chi connectivity index (χ0n) is 17.6. The molecule has 31 heavy (non-hydrogen) atoms. The van der Waals surface area contributed by atoms with Crippen LogP contribution in [0.1, 0.15) is 39.9 Å². The molecule has 7 heteroatoms. The zero-order valence-corrected chi connectivity index (χ0v) is 17.6. The van der Waals surface area contributed by atoms with Crippen molar-refractivity contribution >= 4 is 11.8 Å². The van der Waals surface area contributed by atoms with Gasteiger partial charge in [0.15, 0.2) is 0 Å². The Hall–Kier alpha value is -3.87. The first kappa shape index (κ1) is 20.4. The molecule has 0 fully saturated rings. The molecule has 2 aromatic carbocycles. The smallest absolute Gasteiger partial charge is 0.258 e. The predicted molar refractivity (Wildman–Crippen MR) is 116 cm³/mol. The molecule has 7 nitrogen and oxygen atoms in total. The van der Waals surface area contributed by atoms with Gasteiger partial charge >= 0.3 is 0 Å². The molecule has 0 spiro atoms. The van der Waals surface area contributed by atoms with Crippen LogP contribution in [0.5, 0.6) is 5.75 Å². The zero-order chi connectivity index (χ0) is 21.8. The third-order valence-corrected chi connectivity index (χ3v) is 5.07. The van der Waals surface area contributed by atoms with Gasteiger partial charge in [0.25, 0.3) is 5.91 Å². The highest BCUT2D eigenvalue weighted by Gasteiger charge is 2.13. The summed E-state index contributed by atoms with van der Waals surface area (Å²) in [6.45, 7) is 6.12. The number of amides is 1. The maximum Gasteiger partial charge on any atom is 0.258 e. The number of anilines is 1. The summed E-state index contributed by atoms with van der Waals surface area (Å²) < 4.78 is 16.3. The summed E-state index contributed by atoms with van der Waals surface area (Å²) in [7, 11) is 0. The van der Waals surface area contributed by atoms with Gasteiger partial charge in [-0.25, -0.2) is 0 Å². The van der Waals surface area contributed by atoms with Gasteiger partial charge in [0.1, 0.15) is 23.8 Å². The van der Waals surface area contributed by atoms with Gasteiger partial charge in [0, 0.05) is 17.2 Å². The molecule has 158 valence electrons. The standard InChI is InChI=1S/C24H23N3O4/c1-4-17-8-10-18(11-9-17)22-13-23(31-27-22)25-24(28)19-6-5-7-20(12-19)29-14-21-15(2)26-30-16(21)3/h5-13H,4,14H2,1-3H3,(H,25,28). The van der Waals surface area contributed by atoms with Gasteiger partial charge in [-0.15, -0.1) is 0 Å². The molecule has 4 aromatic rings. The van der Waals surface area contributed by atoms with E-state index in [9.17, 15) is 4.79 Å². The number of hydrogen-bond acceptors (Lipinski definition) is 6. The molecule has 0 saturated carbocycles. The fourth-order valence-electron chi connectivity index (χ4n) is 3.16. The van der Waals surface area contributed by atoms with E-state index in [4.69, 9.17) is 13.8 Å². The van der Waals surface area contributed by atoms with Crippen LogP contribution in [0.25, 0.3) is 11.3 Å². The third kappa shape index (κ3) is 4.66. The Morgan fingerprint density at radius 2 is 1.84 bits per heavy atom. The molecular weight excluding hydrogens is 394 g/mol. The molecule has 4 rings (SSSR count). The van der Waals surface area contributed by atoms with Crippen LogP contribution in [-0.4, -0.2) is 16.2 Å². The number of carbonyl (C=O) groups is 1. The maximum absolute atomic E-state index is 12.7. The summed E-state index contributed by atoms with van der Waals surface area (Å²) in [5.41, 5.74) is 4.97. The van der Waals surface area contributed by atoms with Crippen LogP contribution in [0.3, 0.4) is 0 Å². The van der Waals surface area contributed by atoms with Gasteiger partial charge in [-0.3, -0.25) is 10.1 Å². The number of benzene rings is 2. The second-order valence-corrected chi connectivity index (χ2v) is 7.20. The van der Waals surface area contributed by atoms with E-state index < -0.39 is 0 Å². The summed E-state index contributed by atoms with van der Waals surface area (Å²) >= 11 is 0. The summed E-state index contributed by atoms with van der Waals surface area (Å²) in [5.74, 6) is 1.26. The average Bonchev–Trinajstić information content (AvgIpc) is 3.39. The number of nitrogens with zero attached hydrogens (tertiary/aromatic N) is 2. The number of ether oxygens (including phenoxy) is 1. The van der Waals surface area contributed by atoms with Crippen molar-refractivity contribution in [1.29, 1.82) is 0 Å². The molecule has 2 heterocycles. The van der Waals surface area contributed by atoms with Crippen molar-refractivity contribution in [1.82, 2.24) is 10.3 Å². The van der Waals surface area contributed by atoms with Gasteiger partial charge in [-0.2, -0.15) is 0 Å². The largest absolute Gasteiger partial charge is 0.489 e. The molecule has 0 bridgehead atoms. The van der Waals surface area contributed by atoms with Crippen molar-refractivity contribution in [3.63, 3.8) is 0 Å². The predicted octanol–water partition coefficient (Wildman–Crippen LogP) is 5.34. The summed E-state index contributed by atoms with van der Waals surface area (Å²) in [6, 6.07) is 16.7. The number of aromatic nitrogens is 2. The first-order valence-electron chi connectivity index (χ1n) is 10.1. The van der Waals surface area contributed by atoms with Crippen LogP contribution in [0.15, 0.2) is 63.6 Å². The Labute approximate surface area is 180 Å². The highest BCUT2D eigenvalue weighted by molar-refractivity contribution is 6.03. The summed E-state index contributed by atoms with van der Waals surface area (Å²) in [6.07, 6.45) is 0.974. The van der Waals surface area contributed by atoms with Crippen molar-refractivity contribution < 1.29 is 18.6 Å². The Bertz CT molecular complexity index is 1170. The van der Waals surface area contributed by atoms with E-state index in [1.807, 2.05) is 26.0 Å². The molecule has 0 atom stereocenters. The summed E-state index contributed by atoms with van der Waals surface area (Å²) in [5, 5.41) is 10.7. The third-order valence-electron chi connectivity index (χ3n) is 5.07. The van der Waals surface area contributed by atoms with Gasteiger partial charge in [0.05, 0.1) is 11.3 Å². The van der Waals surface area contributed by atoms with E-state index in [1.165, 1.54) is 5.56 Å². The molecule has 0 aliphatic heterocycles. The van der Waals surface area contributed by atoms with E-state index in [0.29, 0.717) is 23.6 Å². The molecule has 1 amide bonds. The lowest BCUT2D eigenvalue weighted by Gasteiger charge is -2.07. The summed E-state index contributed by atoms with van der Waals surface area (Å²) in [4.78, 5) is 12.7. The molecule has 0 unspecified atom stereocenters. The van der Waals surface area contributed by atoms with Gasteiger partial charge in [0.2, 0.25) is 5.88 Å². The number of nitrogens with one attached hydrogen (secondary N) is 1. The molecule has 0 aliphatic carbocycles. The second kappa shape index (κ2) is 8.87. The van der Waals surface area contributed by atoms with Crippen LogP contribution >= 0.6 is 0 Å². The van der Waals surface area contributed by atoms with Crippen molar-refractivity contribution in [3.05, 3.63) is 82.7 Å². The SMILES string of the molecule is CCc1ccc(-c2cc(NC(=O)c3cccc(OCc4c(C)noc4C)c3)on2)cc1. The van der Waals surface area contributed by atoms with Gasteiger partial charge in [-0.05, 0) is 44.0 Å². The van der Waals surface area contributed by atoms with Gasteiger partial charge in [-0.1, -0.05) is 47.6 Å². The normalized spacial score (nSPS) is 10.8. The molecule has 0 saturated heterocycles. The molecule has 0 radical (unpaired) electrons. The van der Waals surface area contributed by atoms with Crippen LogP contribution in [0.2, 0.25) is 0 Å². The second-order valence-electron chi connectivity index (χ2n) is 7.20. The lowest BCUT2D eigenvalue weighted by atomic mass is 10.1. The van der Waals surface area contributed by atoms with E-state index in [-0.39, 0.29) is 11.8 Å². The first-order valence-corrected chi connectivity index (χ1v) is 10.1. The Kier molecular flexibility index (Phi) is 5.84. The van der Waals surface area contributed by atoms with Crippen molar-refractivity contribution in [2.75, 3.05) is 5.32 Å². The van der Waals surface area contributed by atoms with E-state index in [0.717, 1.165) is 29.0 Å². The van der Waals surface area contributed by atoms with E-state index in [1.54, 1.807) is 30.3 Å². The van der Waals surface area contributed by atoms with Crippen LogP contribution in [0.4, 0.5) is 5.88 Å². The highest BCUT2D eigenvalue weighted by atomic mass is 16.5. The minimum absolute atomic E-state index is 0.279. The quantitative estimate of drug-likeness (QED) is 0.436. The molecule has 1 N–H and O–H groups in total. The minimum atomic E-state index is -0.313. The average molecular weight is 417 g/mol. The van der Waals surface area contributed by atoms with E-state index >= 15 is 0 Å². The molecule has 0 aliphatic rings. The van der Waals surface area contributed by atoms with Crippen LogP contribution in [0, 0.1) is 13.8 Å².